The summed E-state index contributed by atoms with van der Waals surface area (Å²) in [6.45, 7) is 0.115. The normalized spacial score (nSPS) is 10.4. The number of hydrogen-bond acceptors (Lipinski definition) is 3. The maximum Gasteiger partial charge on any atom is 0.319 e. The Bertz CT molecular complexity index is 851. The van der Waals surface area contributed by atoms with Gasteiger partial charge in [-0.3, -0.25) is 4.57 Å². The molecule has 0 aliphatic heterocycles. The molecule has 3 rings (SSSR count). The molecular formula is C16H13F2N5O. The second-order valence-electron chi connectivity index (χ2n) is 4.89. The number of amides is 2. The van der Waals surface area contributed by atoms with Crippen LogP contribution in [0, 0.1) is 11.6 Å². The minimum atomic E-state index is -1.03. The monoisotopic (exact) mass is 329 g/mol. The van der Waals surface area contributed by atoms with E-state index in [1.807, 2.05) is 30.3 Å². The van der Waals surface area contributed by atoms with Gasteiger partial charge in [-0.15, -0.1) is 10.2 Å². The van der Waals surface area contributed by atoms with Crippen molar-refractivity contribution < 1.29 is 13.6 Å². The summed E-state index contributed by atoms with van der Waals surface area (Å²) in [7, 11) is 0. The molecule has 2 N–H and O–H groups in total. The quantitative estimate of drug-likeness (QED) is 0.773. The molecule has 122 valence electrons. The fourth-order valence-electron chi connectivity index (χ4n) is 2.09. The van der Waals surface area contributed by atoms with E-state index in [1.54, 1.807) is 10.9 Å². The molecule has 6 nitrogen and oxygen atoms in total. The molecule has 1 heterocycles. The molecule has 0 fully saturated rings. The molecule has 0 unspecified atom stereocenters. The fraction of sp³-hybridized carbons (Fsp3) is 0.0625. The average molecular weight is 329 g/mol. The van der Waals surface area contributed by atoms with Gasteiger partial charge in [-0.25, -0.2) is 13.6 Å². The number of urea groups is 1. The number of anilines is 1. The summed E-state index contributed by atoms with van der Waals surface area (Å²) in [5.41, 5.74) is 1.01. The van der Waals surface area contributed by atoms with Crippen LogP contribution in [0.5, 0.6) is 0 Å². The number of nitrogens with one attached hydrogen (secondary N) is 2. The Kier molecular flexibility index (Phi) is 4.46. The van der Waals surface area contributed by atoms with E-state index in [4.69, 9.17) is 0 Å². The van der Waals surface area contributed by atoms with Crippen LogP contribution in [0.3, 0.4) is 0 Å². The zero-order valence-electron chi connectivity index (χ0n) is 12.4. The van der Waals surface area contributed by atoms with Crippen molar-refractivity contribution in [1.82, 2.24) is 20.1 Å². The molecule has 24 heavy (non-hydrogen) atoms. The molecule has 3 aromatic rings. The van der Waals surface area contributed by atoms with Crippen molar-refractivity contribution in [2.24, 2.45) is 0 Å². The smallest absolute Gasteiger partial charge is 0.319 e. The summed E-state index contributed by atoms with van der Waals surface area (Å²) in [6.07, 6.45) is 1.54. The molecule has 2 amide bonds. The van der Waals surface area contributed by atoms with E-state index in [1.165, 1.54) is 6.07 Å². The van der Waals surface area contributed by atoms with Crippen LogP contribution in [0.1, 0.15) is 5.82 Å². The van der Waals surface area contributed by atoms with Gasteiger partial charge in [0.05, 0.1) is 6.54 Å². The van der Waals surface area contributed by atoms with Crippen molar-refractivity contribution in [3.8, 4) is 5.69 Å². The van der Waals surface area contributed by atoms with Gasteiger partial charge in [0, 0.05) is 17.4 Å². The van der Waals surface area contributed by atoms with Crippen molar-refractivity contribution >= 4 is 11.7 Å². The Labute approximate surface area is 136 Å². The Morgan fingerprint density at radius 1 is 1.08 bits per heavy atom. The molecule has 0 radical (unpaired) electrons. The second-order valence-corrected chi connectivity index (χ2v) is 4.89. The van der Waals surface area contributed by atoms with Crippen LogP contribution in [0.15, 0.2) is 54.9 Å². The SMILES string of the molecule is O=C(NCc1nncn1-c1ccccc1)Nc1ccc(F)c(F)c1. The lowest BCUT2D eigenvalue weighted by Gasteiger charge is -2.09. The van der Waals surface area contributed by atoms with Gasteiger partial charge in [-0.05, 0) is 24.3 Å². The van der Waals surface area contributed by atoms with Gasteiger partial charge in [0.25, 0.3) is 0 Å². The van der Waals surface area contributed by atoms with Crippen molar-refractivity contribution in [2.45, 2.75) is 6.54 Å². The molecule has 2 aromatic carbocycles. The first-order chi connectivity index (χ1) is 11.6. The lowest BCUT2D eigenvalue weighted by Crippen LogP contribution is -2.29. The van der Waals surface area contributed by atoms with Crippen molar-refractivity contribution in [3.05, 3.63) is 72.3 Å². The largest absolute Gasteiger partial charge is 0.331 e. The van der Waals surface area contributed by atoms with E-state index in [-0.39, 0.29) is 12.2 Å². The number of carbonyl (C=O) groups is 1. The first-order valence-corrected chi connectivity index (χ1v) is 7.08. The predicted molar refractivity (Wildman–Crippen MR) is 83.6 cm³/mol. The van der Waals surface area contributed by atoms with Gasteiger partial charge < -0.3 is 10.6 Å². The molecule has 0 bridgehead atoms. The fourth-order valence-corrected chi connectivity index (χ4v) is 2.09. The topological polar surface area (TPSA) is 71.8 Å². The number of rotatable bonds is 4. The second kappa shape index (κ2) is 6.86. The lowest BCUT2D eigenvalue weighted by molar-refractivity contribution is 0.251. The minimum absolute atomic E-state index is 0.115. The standard InChI is InChI=1S/C16H13F2N5O/c17-13-7-6-11(8-14(13)18)21-16(24)19-9-15-22-20-10-23(15)12-4-2-1-3-5-12/h1-8,10H,9H2,(H2,19,21,24). The molecule has 8 heteroatoms. The minimum Gasteiger partial charge on any atom is -0.331 e. The summed E-state index contributed by atoms with van der Waals surface area (Å²) < 4.78 is 27.7. The molecule has 0 saturated carbocycles. The summed E-state index contributed by atoms with van der Waals surface area (Å²) in [6, 6.07) is 12.0. The van der Waals surface area contributed by atoms with Gasteiger partial charge in [-0.2, -0.15) is 0 Å². The van der Waals surface area contributed by atoms with Gasteiger partial charge >= 0.3 is 6.03 Å². The van der Waals surface area contributed by atoms with Crippen molar-refractivity contribution in [1.29, 1.82) is 0 Å². The highest BCUT2D eigenvalue weighted by molar-refractivity contribution is 5.89. The van der Waals surface area contributed by atoms with Crippen LogP contribution in [0.2, 0.25) is 0 Å². The summed E-state index contributed by atoms with van der Waals surface area (Å²) >= 11 is 0. The highest BCUT2D eigenvalue weighted by Crippen LogP contribution is 2.13. The van der Waals surface area contributed by atoms with Gasteiger partial charge in [0.2, 0.25) is 0 Å². The van der Waals surface area contributed by atoms with Gasteiger partial charge in [-0.1, -0.05) is 18.2 Å². The number of benzene rings is 2. The summed E-state index contributed by atoms with van der Waals surface area (Å²) in [5, 5.41) is 12.8. The van der Waals surface area contributed by atoms with Gasteiger partial charge in [0.15, 0.2) is 17.5 Å². The third-order valence-corrected chi connectivity index (χ3v) is 3.24. The first-order valence-electron chi connectivity index (χ1n) is 7.08. The third-order valence-electron chi connectivity index (χ3n) is 3.24. The number of carbonyl (C=O) groups excluding carboxylic acids is 1. The molecule has 0 saturated heterocycles. The summed E-state index contributed by atoms with van der Waals surface area (Å²) in [5.74, 6) is -1.48. The maximum absolute atomic E-state index is 13.1. The lowest BCUT2D eigenvalue weighted by atomic mass is 10.3. The number of halogens is 2. The summed E-state index contributed by atoms with van der Waals surface area (Å²) in [4.78, 5) is 11.9. The number of nitrogens with zero attached hydrogens (tertiary/aromatic N) is 3. The molecule has 0 atom stereocenters. The Balaban J connectivity index is 1.63. The third kappa shape index (κ3) is 3.54. The average Bonchev–Trinajstić information content (AvgIpc) is 3.06. The Hall–Kier alpha value is -3.29. The van der Waals surface area contributed by atoms with Gasteiger partial charge in [0.1, 0.15) is 6.33 Å². The Morgan fingerprint density at radius 2 is 1.88 bits per heavy atom. The van der Waals surface area contributed by atoms with E-state index in [9.17, 15) is 13.6 Å². The zero-order chi connectivity index (χ0) is 16.9. The number of hydrogen-bond donors (Lipinski definition) is 2. The number of aromatic nitrogens is 3. The maximum atomic E-state index is 13.1. The van der Waals surface area contributed by atoms with Crippen molar-refractivity contribution in [2.75, 3.05) is 5.32 Å². The first kappa shape index (κ1) is 15.6. The number of para-hydroxylation sites is 1. The van der Waals surface area contributed by atoms with Crippen LogP contribution in [-0.4, -0.2) is 20.8 Å². The highest BCUT2D eigenvalue weighted by atomic mass is 19.2. The highest BCUT2D eigenvalue weighted by Gasteiger charge is 2.09. The Morgan fingerprint density at radius 3 is 2.62 bits per heavy atom. The van der Waals surface area contributed by atoms with E-state index >= 15 is 0 Å². The molecule has 0 aliphatic carbocycles. The van der Waals surface area contributed by atoms with E-state index in [0.29, 0.717) is 5.82 Å². The van der Waals surface area contributed by atoms with E-state index < -0.39 is 17.7 Å². The van der Waals surface area contributed by atoms with Crippen LogP contribution in [0.4, 0.5) is 19.3 Å². The van der Waals surface area contributed by atoms with E-state index in [2.05, 4.69) is 20.8 Å². The zero-order valence-corrected chi connectivity index (χ0v) is 12.4. The molecule has 0 spiro atoms. The van der Waals surface area contributed by atoms with Crippen LogP contribution in [-0.2, 0) is 6.54 Å². The molecular weight excluding hydrogens is 316 g/mol. The van der Waals surface area contributed by atoms with Crippen LogP contribution >= 0.6 is 0 Å². The molecule has 1 aromatic heterocycles. The van der Waals surface area contributed by atoms with E-state index in [0.717, 1.165) is 17.8 Å². The van der Waals surface area contributed by atoms with Crippen LogP contribution in [0.25, 0.3) is 5.69 Å². The molecule has 0 aliphatic rings. The van der Waals surface area contributed by atoms with Crippen molar-refractivity contribution in [3.63, 3.8) is 0 Å². The predicted octanol–water partition coefficient (Wildman–Crippen LogP) is 2.87. The van der Waals surface area contributed by atoms with Crippen LogP contribution < -0.4 is 10.6 Å².